The van der Waals surface area contributed by atoms with Gasteiger partial charge in [-0.2, -0.15) is 0 Å². The second-order valence-corrected chi connectivity index (χ2v) is 5.30. The van der Waals surface area contributed by atoms with E-state index < -0.39 is 0 Å². The molecule has 0 aliphatic heterocycles. The number of benzene rings is 1. The smallest absolute Gasteiger partial charge is 0.189 e. The highest BCUT2D eigenvalue weighted by molar-refractivity contribution is 5.78. The molecule has 3 nitrogen and oxygen atoms in total. The van der Waals surface area contributed by atoms with Crippen molar-refractivity contribution in [1.82, 2.24) is 5.32 Å². The highest BCUT2D eigenvalue weighted by Gasteiger charge is 2.13. The molecular weight excluding hydrogens is 234 g/mol. The molecule has 104 valence electrons. The first kappa shape index (κ1) is 13.9. The van der Waals surface area contributed by atoms with E-state index in [-0.39, 0.29) is 0 Å². The first-order chi connectivity index (χ1) is 9.29. The minimum absolute atomic E-state index is 0.527. The molecule has 1 aromatic rings. The van der Waals surface area contributed by atoms with E-state index >= 15 is 0 Å². The van der Waals surface area contributed by atoms with Gasteiger partial charge in [0.1, 0.15) is 0 Å². The minimum atomic E-state index is 0.527. The summed E-state index contributed by atoms with van der Waals surface area (Å²) in [6, 6.07) is 8.97. The Bertz CT molecular complexity index is 420. The Labute approximate surface area is 116 Å². The molecule has 1 aliphatic rings. The van der Waals surface area contributed by atoms with Gasteiger partial charge in [0.15, 0.2) is 5.96 Å². The molecular formula is C16H25N3. The van der Waals surface area contributed by atoms with Crippen molar-refractivity contribution in [3.8, 4) is 0 Å². The normalized spacial score (nSPS) is 17.4. The van der Waals surface area contributed by atoms with Crippen LogP contribution in [0.25, 0.3) is 0 Å². The van der Waals surface area contributed by atoms with Crippen LogP contribution in [-0.2, 0) is 13.0 Å². The van der Waals surface area contributed by atoms with Crippen molar-refractivity contribution in [1.29, 1.82) is 0 Å². The molecule has 3 heteroatoms. The number of hydrogen-bond acceptors (Lipinski definition) is 1. The molecule has 0 spiro atoms. The molecule has 0 heterocycles. The zero-order valence-corrected chi connectivity index (χ0v) is 11.9. The summed E-state index contributed by atoms with van der Waals surface area (Å²) in [4.78, 5) is 4.48. The minimum Gasteiger partial charge on any atom is -0.370 e. The molecule has 0 atom stereocenters. The van der Waals surface area contributed by atoms with E-state index in [0.717, 1.165) is 6.42 Å². The summed E-state index contributed by atoms with van der Waals surface area (Å²) in [7, 11) is 0. The van der Waals surface area contributed by atoms with Crippen molar-refractivity contribution in [2.45, 2.75) is 58.0 Å². The van der Waals surface area contributed by atoms with Crippen LogP contribution >= 0.6 is 0 Å². The summed E-state index contributed by atoms with van der Waals surface area (Å²) >= 11 is 0. The zero-order valence-electron chi connectivity index (χ0n) is 11.9. The monoisotopic (exact) mass is 259 g/mol. The highest BCUT2D eigenvalue weighted by Crippen LogP contribution is 2.17. The van der Waals surface area contributed by atoms with Gasteiger partial charge < -0.3 is 11.1 Å². The molecule has 0 unspecified atom stereocenters. The van der Waals surface area contributed by atoms with Crippen molar-refractivity contribution in [2.75, 3.05) is 0 Å². The number of rotatable bonds is 4. The summed E-state index contributed by atoms with van der Waals surface area (Å²) in [5.41, 5.74) is 8.62. The SMILES string of the molecule is CCc1ccccc1CN=C(N)NC1CCCCC1. The maximum Gasteiger partial charge on any atom is 0.189 e. The number of guanidine groups is 1. The van der Waals surface area contributed by atoms with Gasteiger partial charge in [0, 0.05) is 6.04 Å². The molecule has 2 rings (SSSR count). The van der Waals surface area contributed by atoms with Crippen LogP contribution in [0.4, 0.5) is 0 Å². The Morgan fingerprint density at radius 2 is 1.89 bits per heavy atom. The van der Waals surface area contributed by atoms with Gasteiger partial charge in [0.2, 0.25) is 0 Å². The molecule has 1 aliphatic carbocycles. The van der Waals surface area contributed by atoms with Gasteiger partial charge in [0.25, 0.3) is 0 Å². The van der Waals surface area contributed by atoms with Crippen LogP contribution in [0.3, 0.4) is 0 Å². The quantitative estimate of drug-likeness (QED) is 0.645. The molecule has 0 radical (unpaired) electrons. The van der Waals surface area contributed by atoms with Crippen LogP contribution in [0, 0.1) is 0 Å². The first-order valence-corrected chi connectivity index (χ1v) is 7.43. The zero-order chi connectivity index (χ0) is 13.5. The van der Waals surface area contributed by atoms with Gasteiger partial charge in [-0.3, -0.25) is 0 Å². The first-order valence-electron chi connectivity index (χ1n) is 7.43. The fourth-order valence-corrected chi connectivity index (χ4v) is 2.73. The van der Waals surface area contributed by atoms with Gasteiger partial charge in [-0.15, -0.1) is 0 Å². The predicted octanol–water partition coefficient (Wildman–Crippen LogP) is 2.99. The average molecular weight is 259 g/mol. The molecule has 1 aromatic carbocycles. The molecule has 1 fully saturated rings. The van der Waals surface area contributed by atoms with Crippen molar-refractivity contribution < 1.29 is 0 Å². The van der Waals surface area contributed by atoms with E-state index in [0.29, 0.717) is 18.5 Å². The number of aryl methyl sites for hydroxylation is 1. The van der Waals surface area contributed by atoms with E-state index in [1.54, 1.807) is 0 Å². The number of aliphatic imine (C=N–C) groups is 1. The van der Waals surface area contributed by atoms with Crippen LogP contribution in [0.5, 0.6) is 0 Å². The van der Waals surface area contributed by atoms with Crippen molar-refractivity contribution in [3.05, 3.63) is 35.4 Å². The largest absolute Gasteiger partial charge is 0.370 e. The summed E-state index contributed by atoms with van der Waals surface area (Å²) in [6.07, 6.45) is 7.47. The Morgan fingerprint density at radius 1 is 1.21 bits per heavy atom. The van der Waals surface area contributed by atoms with E-state index in [1.807, 2.05) is 0 Å². The van der Waals surface area contributed by atoms with Gasteiger partial charge in [0.05, 0.1) is 6.54 Å². The topological polar surface area (TPSA) is 50.4 Å². The molecule has 1 saturated carbocycles. The molecule has 3 N–H and O–H groups in total. The third kappa shape index (κ3) is 4.27. The van der Waals surface area contributed by atoms with Gasteiger partial charge >= 0.3 is 0 Å². The summed E-state index contributed by atoms with van der Waals surface area (Å²) < 4.78 is 0. The summed E-state index contributed by atoms with van der Waals surface area (Å²) in [6.45, 7) is 2.85. The van der Waals surface area contributed by atoms with Crippen molar-refractivity contribution in [3.63, 3.8) is 0 Å². The van der Waals surface area contributed by atoms with E-state index in [1.165, 1.54) is 43.2 Å². The second-order valence-electron chi connectivity index (χ2n) is 5.30. The van der Waals surface area contributed by atoms with Crippen LogP contribution in [0.15, 0.2) is 29.3 Å². The van der Waals surface area contributed by atoms with Gasteiger partial charge in [-0.1, -0.05) is 50.5 Å². The Kier molecular flexibility index (Phi) is 5.25. The van der Waals surface area contributed by atoms with Crippen LogP contribution < -0.4 is 11.1 Å². The fraction of sp³-hybridized carbons (Fsp3) is 0.562. The molecule has 19 heavy (non-hydrogen) atoms. The lowest BCUT2D eigenvalue weighted by Gasteiger charge is -2.23. The average Bonchev–Trinajstić information content (AvgIpc) is 2.46. The number of nitrogens with two attached hydrogens (primary N) is 1. The number of nitrogens with zero attached hydrogens (tertiary/aromatic N) is 1. The van der Waals surface area contributed by atoms with Crippen molar-refractivity contribution in [2.24, 2.45) is 10.7 Å². The van der Waals surface area contributed by atoms with Gasteiger partial charge in [-0.25, -0.2) is 4.99 Å². The standard InChI is InChI=1S/C16H25N3/c1-2-13-8-6-7-9-14(13)12-18-16(17)19-15-10-4-3-5-11-15/h6-9,15H,2-5,10-12H2,1H3,(H3,17,18,19). The lowest BCUT2D eigenvalue weighted by molar-refractivity contribution is 0.412. The maximum absolute atomic E-state index is 5.98. The Balaban J connectivity index is 1.89. The third-order valence-electron chi connectivity index (χ3n) is 3.88. The Hall–Kier alpha value is -1.51. The highest BCUT2D eigenvalue weighted by atomic mass is 15.1. The fourth-order valence-electron chi connectivity index (χ4n) is 2.73. The maximum atomic E-state index is 5.98. The summed E-state index contributed by atoms with van der Waals surface area (Å²) in [5.74, 6) is 0.595. The van der Waals surface area contributed by atoms with Crippen LogP contribution in [-0.4, -0.2) is 12.0 Å². The predicted molar refractivity (Wildman–Crippen MR) is 81.2 cm³/mol. The molecule has 0 amide bonds. The lowest BCUT2D eigenvalue weighted by atomic mass is 9.96. The van der Waals surface area contributed by atoms with Crippen molar-refractivity contribution >= 4 is 5.96 Å². The van der Waals surface area contributed by atoms with Crippen LogP contribution in [0.2, 0.25) is 0 Å². The number of hydrogen-bond donors (Lipinski definition) is 2. The summed E-state index contributed by atoms with van der Waals surface area (Å²) in [5, 5.41) is 3.35. The van der Waals surface area contributed by atoms with E-state index in [4.69, 9.17) is 5.73 Å². The Morgan fingerprint density at radius 3 is 2.58 bits per heavy atom. The van der Waals surface area contributed by atoms with E-state index in [2.05, 4.69) is 41.5 Å². The van der Waals surface area contributed by atoms with E-state index in [9.17, 15) is 0 Å². The van der Waals surface area contributed by atoms with Gasteiger partial charge in [-0.05, 0) is 30.4 Å². The van der Waals surface area contributed by atoms with Crippen LogP contribution in [0.1, 0.15) is 50.2 Å². The molecule has 0 aromatic heterocycles. The lowest BCUT2D eigenvalue weighted by Crippen LogP contribution is -2.41. The number of nitrogens with one attached hydrogen (secondary N) is 1. The second kappa shape index (κ2) is 7.17. The molecule has 0 bridgehead atoms. The molecule has 0 saturated heterocycles. The third-order valence-corrected chi connectivity index (χ3v) is 3.88.